The SMILES string of the molecule is CCc1ccc(-n2cnc3c(OCc4ccc(OC)cc4)c4ccnsc-4c3c2=O)cc1. The van der Waals surface area contributed by atoms with Gasteiger partial charge < -0.3 is 9.47 Å². The van der Waals surface area contributed by atoms with E-state index < -0.39 is 0 Å². The molecule has 2 aromatic carbocycles. The zero-order valence-electron chi connectivity index (χ0n) is 17.7. The number of nitrogens with zero attached hydrogens (tertiary/aromatic N) is 3. The summed E-state index contributed by atoms with van der Waals surface area (Å²) in [6, 6.07) is 17.5. The minimum Gasteiger partial charge on any atom is -0.497 e. The largest absolute Gasteiger partial charge is 0.497 e. The number of aryl methyl sites for hydroxylation is 1. The van der Waals surface area contributed by atoms with E-state index in [0.29, 0.717) is 23.3 Å². The Labute approximate surface area is 189 Å². The maximum Gasteiger partial charge on any atom is 0.267 e. The van der Waals surface area contributed by atoms with Gasteiger partial charge in [0.15, 0.2) is 5.75 Å². The van der Waals surface area contributed by atoms with Gasteiger partial charge in [-0.25, -0.2) is 9.36 Å². The van der Waals surface area contributed by atoms with Gasteiger partial charge in [0.2, 0.25) is 0 Å². The highest BCUT2D eigenvalue weighted by molar-refractivity contribution is 7.10. The predicted octanol–water partition coefficient (Wildman–Crippen LogP) is 5.10. The molecule has 0 radical (unpaired) electrons. The van der Waals surface area contributed by atoms with Gasteiger partial charge in [-0.05, 0) is 59.4 Å². The molecule has 32 heavy (non-hydrogen) atoms. The second-order valence-corrected chi connectivity index (χ2v) is 8.19. The minimum absolute atomic E-state index is 0.132. The van der Waals surface area contributed by atoms with Crippen LogP contribution < -0.4 is 15.0 Å². The molecule has 3 aromatic rings. The quantitative estimate of drug-likeness (QED) is 0.365. The molecule has 0 unspecified atom stereocenters. The zero-order chi connectivity index (χ0) is 22.1. The number of benzene rings is 2. The summed E-state index contributed by atoms with van der Waals surface area (Å²) in [7, 11) is 1.64. The summed E-state index contributed by atoms with van der Waals surface area (Å²) in [6.07, 6.45) is 4.24. The fraction of sp³-hybridized carbons (Fsp3) is 0.160. The Morgan fingerprint density at radius 1 is 1.00 bits per heavy atom. The molecular formula is C25H21N3O3S. The van der Waals surface area contributed by atoms with Crippen molar-refractivity contribution in [1.29, 1.82) is 0 Å². The van der Waals surface area contributed by atoms with Gasteiger partial charge in [-0.1, -0.05) is 31.2 Å². The summed E-state index contributed by atoms with van der Waals surface area (Å²) in [5.41, 5.74) is 4.27. The summed E-state index contributed by atoms with van der Waals surface area (Å²) in [5, 5.41) is 0.532. The first-order valence-corrected chi connectivity index (χ1v) is 11.1. The van der Waals surface area contributed by atoms with Crippen LogP contribution >= 0.6 is 11.5 Å². The third-order valence-corrected chi connectivity index (χ3v) is 6.35. The van der Waals surface area contributed by atoms with E-state index >= 15 is 0 Å². The van der Waals surface area contributed by atoms with Crippen LogP contribution in [0.25, 0.3) is 27.0 Å². The Balaban J connectivity index is 1.58. The van der Waals surface area contributed by atoms with E-state index in [2.05, 4.69) is 16.3 Å². The number of fused-ring (bicyclic) bond motifs is 3. The van der Waals surface area contributed by atoms with Crippen molar-refractivity contribution in [1.82, 2.24) is 13.9 Å². The Kier molecular flexibility index (Phi) is 5.33. The van der Waals surface area contributed by atoms with Crippen molar-refractivity contribution in [2.75, 3.05) is 7.11 Å². The molecule has 1 aromatic heterocycles. The van der Waals surface area contributed by atoms with Crippen LogP contribution in [0.3, 0.4) is 0 Å². The zero-order valence-corrected chi connectivity index (χ0v) is 18.6. The van der Waals surface area contributed by atoms with Crippen molar-refractivity contribution in [3.05, 3.63) is 88.6 Å². The molecule has 5 rings (SSSR count). The van der Waals surface area contributed by atoms with Crippen LogP contribution in [-0.2, 0) is 13.0 Å². The lowest BCUT2D eigenvalue weighted by molar-refractivity contribution is 0.311. The average molecular weight is 444 g/mol. The van der Waals surface area contributed by atoms with Crippen LogP contribution in [0, 0.1) is 0 Å². The summed E-state index contributed by atoms with van der Waals surface area (Å²) in [5.74, 6) is 1.40. The minimum atomic E-state index is -0.132. The van der Waals surface area contributed by atoms with E-state index in [4.69, 9.17) is 9.47 Å². The molecule has 0 saturated carbocycles. The van der Waals surface area contributed by atoms with Crippen LogP contribution in [0.2, 0.25) is 0 Å². The lowest BCUT2D eigenvalue weighted by Crippen LogP contribution is -2.18. The van der Waals surface area contributed by atoms with Gasteiger partial charge in [0.1, 0.15) is 24.2 Å². The molecule has 2 heterocycles. The third-order valence-electron chi connectivity index (χ3n) is 5.51. The number of rotatable bonds is 6. The second-order valence-electron chi connectivity index (χ2n) is 7.38. The normalized spacial score (nSPS) is 11.2. The van der Waals surface area contributed by atoms with Crippen LogP contribution in [0.5, 0.6) is 11.5 Å². The molecule has 0 fully saturated rings. The number of ether oxygens (including phenoxy) is 2. The van der Waals surface area contributed by atoms with Gasteiger partial charge >= 0.3 is 0 Å². The molecule has 0 saturated heterocycles. The lowest BCUT2D eigenvalue weighted by Gasteiger charge is -2.08. The van der Waals surface area contributed by atoms with Crippen molar-refractivity contribution in [3.63, 3.8) is 0 Å². The topological polar surface area (TPSA) is 66.2 Å². The molecular weight excluding hydrogens is 422 g/mol. The van der Waals surface area contributed by atoms with E-state index in [0.717, 1.165) is 33.9 Å². The van der Waals surface area contributed by atoms with E-state index in [1.54, 1.807) is 24.2 Å². The molecule has 0 amide bonds. The molecule has 0 N–H and O–H groups in total. The Bertz CT molecular complexity index is 1410. The number of methoxy groups -OCH3 is 1. The number of hydrogen-bond donors (Lipinski definition) is 0. The van der Waals surface area contributed by atoms with Gasteiger partial charge in [-0.15, -0.1) is 0 Å². The van der Waals surface area contributed by atoms with E-state index in [-0.39, 0.29) is 5.56 Å². The second kappa shape index (κ2) is 8.43. The number of aromatic nitrogens is 3. The van der Waals surface area contributed by atoms with Gasteiger partial charge in [-0.2, -0.15) is 0 Å². The van der Waals surface area contributed by atoms with Crippen molar-refractivity contribution in [2.24, 2.45) is 0 Å². The van der Waals surface area contributed by atoms with Gasteiger partial charge in [0, 0.05) is 11.8 Å². The smallest absolute Gasteiger partial charge is 0.267 e. The van der Waals surface area contributed by atoms with E-state index in [1.165, 1.54) is 17.1 Å². The molecule has 0 bridgehead atoms. The van der Waals surface area contributed by atoms with Crippen molar-refractivity contribution < 1.29 is 9.47 Å². The Hall–Kier alpha value is -3.71. The van der Waals surface area contributed by atoms with E-state index in [9.17, 15) is 4.79 Å². The maximum atomic E-state index is 13.5. The highest BCUT2D eigenvalue weighted by Crippen LogP contribution is 2.44. The average Bonchev–Trinajstić information content (AvgIpc) is 3.17. The van der Waals surface area contributed by atoms with Crippen LogP contribution in [-0.4, -0.2) is 21.0 Å². The molecule has 0 atom stereocenters. The van der Waals surface area contributed by atoms with E-state index in [1.807, 2.05) is 54.6 Å². The molecule has 6 nitrogen and oxygen atoms in total. The van der Waals surface area contributed by atoms with Gasteiger partial charge in [-0.3, -0.25) is 9.36 Å². The lowest BCUT2D eigenvalue weighted by atomic mass is 10.1. The summed E-state index contributed by atoms with van der Waals surface area (Å²) >= 11 is 1.28. The Morgan fingerprint density at radius 2 is 1.75 bits per heavy atom. The summed E-state index contributed by atoms with van der Waals surface area (Å²) < 4.78 is 17.3. The van der Waals surface area contributed by atoms with Crippen molar-refractivity contribution >= 4 is 22.4 Å². The van der Waals surface area contributed by atoms with Crippen LogP contribution in [0.1, 0.15) is 18.1 Å². The first kappa shape index (κ1) is 20.2. The molecule has 1 aliphatic carbocycles. The fourth-order valence-corrected chi connectivity index (χ4v) is 4.49. The van der Waals surface area contributed by atoms with Gasteiger partial charge in [0.25, 0.3) is 5.56 Å². The summed E-state index contributed by atoms with van der Waals surface area (Å²) in [6.45, 7) is 2.46. The molecule has 1 aliphatic heterocycles. The standard InChI is InChI=1S/C25H21N3O3S/c1-3-16-4-8-18(9-5-16)28-15-26-22-21(25(28)29)24-20(12-13-27-32-24)23(22)31-14-17-6-10-19(30-2)11-7-17/h4-13,15H,3,14H2,1-2H3. The number of hydrogen-bond acceptors (Lipinski definition) is 6. The molecule has 2 aliphatic rings. The van der Waals surface area contributed by atoms with Crippen LogP contribution in [0.15, 0.2) is 71.9 Å². The van der Waals surface area contributed by atoms with Crippen LogP contribution in [0.4, 0.5) is 0 Å². The third kappa shape index (κ3) is 3.50. The molecule has 160 valence electrons. The summed E-state index contributed by atoms with van der Waals surface area (Å²) in [4.78, 5) is 18.9. The van der Waals surface area contributed by atoms with Gasteiger partial charge in [0.05, 0.1) is 23.1 Å². The highest BCUT2D eigenvalue weighted by Gasteiger charge is 2.25. The highest BCUT2D eigenvalue weighted by atomic mass is 32.1. The molecule has 7 heteroatoms. The monoisotopic (exact) mass is 443 g/mol. The maximum absolute atomic E-state index is 13.5. The predicted molar refractivity (Wildman–Crippen MR) is 126 cm³/mol. The first-order chi connectivity index (χ1) is 15.7. The molecule has 0 spiro atoms. The van der Waals surface area contributed by atoms with Crippen molar-refractivity contribution in [3.8, 4) is 27.6 Å². The fourth-order valence-electron chi connectivity index (χ4n) is 3.73. The first-order valence-electron chi connectivity index (χ1n) is 10.3. The Morgan fingerprint density at radius 3 is 2.47 bits per heavy atom. The van der Waals surface area contributed by atoms with Crippen molar-refractivity contribution in [2.45, 2.75) is 20.0 Å².